The molecule has 4 rings (SSSR count). The fourth-order valence-electron chi connectivity index (χ4n) is 9.42. The molecule has 4 saturated carbocycles. The zero-order valence-electron chi connectivity index (χ0n) is 20.9. The van der Waals surface area contributed by atoms with Gasteiger partial charge in [0.15, 0.2) is 0 Å². The third kappa shape index (κ3) is 3.74. The Morgan fingerprint density at radius 2 is 1.57 bits per heavy atom. The van der Waals surface area contributed by atoms with Crippen LogP contribution in [0.15, 0.2) is 12.2 Å². The van der Waals surface area contributed by atoms with Crippen LogP contribution in [0.5, 0.6) is 0 Å². The van der Waals surface area contributed by atoms with Gasteiger partial charge < -0.3 is 5.11 Å². The Morgan fingerprint density at radius 1 is 0.867 bits per heavy atom. The largest absolute Gasteiger partial charge is 0.393 e. The van der Waals surface area contributed by atoms with Gasteiger partial charge in [-0.05, 0) is 122 Å². The molecule has 0 radical (unpaired) electrons. The van der Waals surface area contributed by atoms with E-state index < -0.39 is 0 Å². The first-order valence-electron chi connectivity index (χ1n) is 13.6. The summed E-state index contributed by atoms with van der Waals surface area (Å²) in [7, 11) is 0. The molecule has 0 aromatic carbocycles. The number of fused-ring (bicyclic) bond motifs is 5. The van der Waals surface area contributed by atoms with E-state index in [1.165, 1.54) is 51.4 Å². The molecule has 0 aliphatic heterocycles. The number of allylic oxidation sites excluding steroid dienone is 2. The number of aliphatic hydroxyl groups excluding tert-OH is 1. The first-order valence-corrected chi connectivity index (χ1v) is 13.6. The van der Waals surface area contributed by atoms with Gasteiger partial charge in [-0.25, -0.2) is 0 Å². The third-order valence-corrected chi connectivity index (χ3v) is 11.3. The lowest BCUT2D eigenvalue weighted by molar-refractivity contribution is -0.128. The lowest BCUT2D eigenvalue weighted by Crippen LogP contribution is -2.54. The summed E-state index contributed by atoms with van der Waals surface area (Å²) >= 11 is 0. The maximum atomic E-state index is 10.3. The summed E-state index contributed by atoms with van der Waals surface area (Å²) in [4.78, 5) is 0. The second kappa shape index (κ2) is 8.57. The van der Waals surface area contributed by atoms with E-state index in [0.717, 1.165) is 60.2 Å². The standard InChI is InChI=1S/C29H50O/c1-7-21(19(2)3)9-8-20(4)25-12-13-26-24-11-10-22-18-23(30)14-16-28(22,5)27(24)15-17-29(25,26)6/h8-9,19-27,30H,7,10-18H2,1-6H3/b9-8+/t20?,21-,22?,23+,24?,25?,26?,27?,28+,29-/m1/s1. The van der Waals surface area contributed by atoms with Gasteiger partial charge in [0.25, 0.3) is 0 Å². The maximum absolute atomic E-state index is 10.3. The van der Waals surface area contributed by atoms with E-state index in [4.69, 9.17) is 0 Å². The van der Waals surface area contributed by atoms with Crippen molar-refractivity contribution >= 4 is 0 Å². The molecule has 0 spiro atoms. The Balaban J connectivity index is 1.49. The van der Waals surface area contributed by atoms with Gasteiger partial charge in [-0.3, -0.25) is 0 Å². The fourth-order valence-corrected chi connectivity index (χ4v) is 9.42. The second-order valence-electron chi connectivity index (χ2n) is 12.9. The molecule has 0 amide bonds. The average molecular weight is 415 g/mol. The van der Waals surface area contributed by atoms with Gasteiger partial charge in [0.2, 0.25) is 0 Å². The molecule has 0 bridgehead atoms. The van der Waals surface area contributed by atoms with Crippen LogP contribution in [0.3, 0.4) is 0 Å². The van der Waals surface area contributed by atoms with E-state index in [-0.39, 0.29) is 6.10 Å². The van der Waals surface area contributed by atoms with E-state index >= 15 is 0 Å². The molecule has 0 saturated heterocycles. The number of rotatable bonds is 5. The van der Waals surface area contributed by atoms with Crippen LogP contribution in [0.1, 0.15) is 106 Å². The smallest absolute Gasteiger partial charge is 0.0543 e. The van der Waals surface area contributed by atoms with Gasteiger partial charge in [0.05, 0.1) is 6.10 Å². The zero-order valence-corrected chi connectivity index (χ0v) is 20.9. The molecule has 172 valence electrons. The second-order valence-corrected chi connectivity index (χ2v) is 12.9. The Labute approximate surface area is 187 Å². The summed E-state index contributed by atoms with van der Waals surface area (Å²) in [5, 5.41) is 10.3. The molecule has 1 heteroatoms. The van der Waals surface area contributed by atoms with Crippen LogP contribution in [0, 0.1) is 58.2 Å². The van der Waals surface area contributed by atoms with E-state index in [9.17, 15) is 5.11 Å². The average Bonchev–Trinajstić information content (AvgIpc) is 3.06. The highest BCUT2D eigenvalue weighted by molar-refractivity contribution is 5.11. The molecule has 1 N–H and O–H groups in total. The fraction of sp³-hybridized carbons (Fsp3) is 0.931. The van der Waals surface area contributed by atoms with Crippen molar-refractivity contribution in [2.45, 2.75) is 112 Å². The van der Waals surface area contributed by atoms with Crippen LogP contribution in [0.2, 0.25) is 0 Å². The van der Waals surface area contributed by atoms with E-state index in [0.29, 0.717) is 10.8 Å². The van der Waals surface area contributed by atoms with Crippen LogP contribution in [-0.2, 0) is 0 Å². The number of aliphatic hydroxyl groups is 1. The summed E-state index contributed by atoms with van der Waals surface area (Å²) in [6.07, 6.45) is 18.5. The normalized spacial score (nSPS) is 48.3. The molecule has 1 nitrogen and oxygen atoms in total. The van der Waals surface area contributed by atoms with Crippen molar-refractivity contribution in [2.75, 3.05) is 0 Å². The zero-order chi connectivity index (χ0) is 21.7. The molecule has 0 aromatic rings. The summed E-state index contributed by atoms with van der Waals surface area (Å²) in [6.45, 7) is 14.9. The minimum atomic E-state index is -0.0187. The van der Waals surface area contributed by atoms with Gasteiger partial charge in [0.1, 0.15) is 0 Å². The molecule has 0 heterocycles. The molecular weight excluding hydrogens is 364 g/mol. The highest BCUT2D eigenvalue weighted by atomic mass is 16.3. The van der Waals surface area contributed by atoms with Crippen molar-refractivity contribution in [3.8, 4) is 0 Å². The third-order valence-electron chi connectivity index (χ3n) is 11.3. The lowest BCUT2D eigenvalue weighted by Gasteiger charge is -2.61. The maximum Gasteiger partial charge on any atom is 0.0543 e. The van der Waals surface area contributed by atoms with Gasteiger partial charge in [-0.1, -0.05) is 53.7 Å². The van der Waals surface area contributed by atoms with Crippen molar-refractivity contribution in [1.82, 2.24) is 0 Å². The van der Waals surface area contributed by atoms with Crippen LogP contribution >= 0.6 is 0 Å². The summed E-state index contributed by atoms with van der Waals surface area (Å²) in [5.41, 5.74) is 1.07. The van der Waals surface area contributed by atoms with Gasteiger partial charge in [0, 0.05) is 0 Å². The summed E-state index contributed by atoms with van der Waals surface area (Å²) < 4.78 is 0. The Bertz CT molecular complexity index is 622. The predicted octanol–water partition coefficient (Wildman–Crippen LogP) is 7.88. The molecule has 4 aliphatic rings. The highest BCUT2D eigenvalue weighted by Gasteiger charge is 2.60. The number of hydrogen-bond donors (Lipinski definition) is 1. The van der Waals surface area contributed by atoms with E-state index in [1.54, 1.807) is 0 Å². The van der Waals surface area contributed by atoms with Crippen molar-refractivity contribution in [2.24, 2.45) is 58.2 Å². The molecule has 0 aromatic heterocycles. The summed E-state index contributed by atoms with van der Waals surface area (Å²) in [6, 6.07) is 0. The minimum Gasteiger partial charge on any atom is -0.393 e. The van der Waals surface area contributed by atoms with Crippen molar-refractivity contribution < 1.29 is 5.11 Å². The molecule has 4 aliphatic carbocycles. The summed E-state index contributed by atoms with van der Waals surface area (Å²) in [5.74, 6) is 6.72. The first-order chi connectivity index (χ1) is 14.2. The first kappa shape index (κ1) is 22.9. The Hall–Kier alpha value is -0.300. The molecular formula is C29H50O. The minimum absolute atomic E-state index is 0.0187. The highest BCUT2D eigenvalue weighted by Crippen LogP contribution is 2.68. The molecule has 6 unspecified atom stereocenters. The number of hydrogen-bond acceptors (Lipinski definition) is 1. The van der Waals surface area contributed by atoms with Crippen molar-refractivity contribution in [3.05, 3.63) is 12.2 Å². The van der Waals surface area contributed by atoms with Gasteiger partial charge in [-0.15, -0.1) is 0 Å². The monoisotopic (exact) mass is 414 g/mol. The Morgan fingerprint density at radius 3 is 2.27 bits per heavy atom. The van der Waals surface area contributed by atoms with Crippen LogP contribution in [0.4, 0.5) is 0 Å². The van der Waals surface area contributed by atoms with E-state index in [2.05, 4.69) is 53.7 Å². The van der Waals surface area contributed by atoms with E-state index in [1.807, 2.05) is 0 Å². The van der Waals surface area contributed by atoms with Crippen LogP contribution in [-0.4, -0.2) is 11.2 Å². The predicted molar refractivity (Wildman–Crippen MR) is 128 cm³/mol. The SMILES string of the molecule is CC[C@H](/C=C/C(C)C1CCC2C3CCC4C[C@@H](O)CC[C@]4(C)C3CC[C@]12C)C(C)C. The van der Waals surface area contributed by atoms with Gasteiger partial charge in [-0.2, -0.15) is 0 Å². The molecule has 30 heavy (non-hydrogen) atoms. The van der Waals surface area contributed by atoms with Crippen LogP contribution in [0.25, 0.3) is 0 Å². The molecule has 10 atom stereocenters. The lowest BCUT2D eigenvalue weighted by atomic mass is 9.44. The van der Waals surface area contributed by atoms with Crippen molar-refractivity contribution in [3.63, 3.8) is 0 Å². The molecule has 4 fully saturated rings. The topological polar surface area (TPSA) is 20.2 Å². The van der Waals surface area contributed by atoms with Gasteiger partial charge >= 0.3 is 0 Å². The van der Waals surface area contributed by atoms with Crippen molar-refractivity contribution in [1.29, 1.82) is 0 Å². The Kier molecular flexibility index (Phi) is 6.53. The van der Waals surface area contributed by atoms with Crippen LogP contribution < -0.4 is 0 Å². The quantitative estimate of drug-likeness (QED) is 0.454.